The number of ether oxygens (including phenoxy) is 4. The number of hydrogen-bond acceptors (Lipinski definition) is 15. The molecule has 0 N–H and O–H groups in total. The number of hydrogen-bond donors (Lipinski definition) is 0. The van der Waals surface area contributed by atoms with E-state index in [9.17, 15) is 24.0 Å². The molecule has 0 fully saturated rings. The normalized spacial score (nSPS) is 17.4. The van der Waals surface area contributed by atoms with Crippen LogP contribution in [-0.4, -0.2) is 29.7 Å². The highest BCUT2D eigenvalue weighted by Crippen LogP contribution is 2.58. The fourth-order valence-corrected chi connectivity index (χ4v) is 23.6. The van der Waals surface area contributed by atoms with Gasteiger partial charge in [0.25, 0.3) is 0 Å². The van der Waals surface area contributed by atoms with Crippen molar-refractivity contribution in [3.05, 3.63) is 324 Å². The van der Waals surface area contributed by atoms with E-state index in [4.69, 9.17) is 46.1 Å². The van der Waals surface area contributed by atoms with E-state index in [1.165, 1.54) is 11.1 Å². The molecule has 5 unspecified atom stereocenters. The average Bonchev–Trinajstić information content (AvgIpc) is 1.61. The van der Waals surface area contributed by atoms with Gasteiger partial charge < -0.3 is 46.1 Å². The van der Waals surface area contributed by atoms with E-state index in [-0.39, 0.29) is 83.8 Å². The summed E-state index contributed by atoms with van der Waals surface area (Å²) in [6.45, 7) is 85.5. The van der Waals surface area contributed by atoms with Crippen LogP contribution < -0.4 is 46.1 Å². The largest absolute Gasteiger partial charge is 0.530 e. The molecule has 760 valence electrons. The van der Waals surface area contributed by atoms with Gasteiger partial charge in [0.15, 0.2) is 0 Å². The van der Waals surface area contributed by atoms with Crippen molar-refractivity contribution >= 4 is 46.9 Å². The minimum atomic E-state index is -2.25. The molecule has 4 heterocycles. The van der Waals surface area contributed by atoms with Crippen LogP contribution >= 0.6 is 17.2 Å². The first-order chi connectivity index (χ1) is 66.3. The molecule has 0 saturated heterocycles. The monoisotopic (exact) mass is 1980 g/mol. The first kappa shape index (κ1) is 107. The summed E-state index contributed by atoms with van der Waals surface area (Å²) in [5.41, 5.74) is 27.6. The molecular weight excluding hydrogens is 1830 g/mol. The SMILES string of the molecule is Cc1cc(C2C(=O)Cc3c2cc(C(C)(C)C)cc3C(C)(C)C)cc(C)c1OP(Oc1c(C)cc(C2C(=O)Oc3c2cc(C(C)(C)C)cc3C(C)(C)C)cc1C)Oc1c(C)cc(C2C(=O)Oc3c2cc(C(C)(C)C)cc3C(C)(C)C)cc1C.Cc1cc(C2C(=O)Oc3c2cc(C(C)(C)C)cc3C(C)(C)C)cc(C)c1OP(Oc1ccccc1)Oc1c(C)cc(C2C(=O)Oc3c2cc(C(C)(C)C)cc3C(C)(C)C)cc1C. The lowest BCUT2D eigenvalue weighted by Gasteiger charge is -2.28. The van der Waals surface area contributed by atoms with Crippen molar-refractivity contribution in [2.75, 3.05) is 0 Å². The zero-order valence-corrected chi connectivity index (χ0v) is 94.8. The van der Waals surface area contributed by atoms with Crippen molar-refractivity contribution in [3.63, 3.8) is 0 Å². The Morgan fingerprint density at radius 2 is 0.424 bits per heavy atom. The van der Waals surface area contributed by atoms with Crippen molar-refractivity contribution < 1.29 is 70.1 Å². The molecule has 4 aliphatic heterocycles. The number of esters is 4. The van der Waals surface area contributed by atoms with Crippen molar-refractivity contribution in [3.8, 4) is 57.5 Å². The summed E-state index contributed by atoms with van der Waals surface area (Å²) < 4.78 is 65.9. The van der Waals surface area contributed by atoms with Crippen LogP contribution in [0.2, 0.25) is 0 Å². The highest BCUT2D eigenvalue weighted by atomic mass is 31.2. The zero-order chi connectivity index (χ0) is 106. The average molecular weight is 1980 g/mol. The Morgan fingerprint density at radius 3 is 0.632 bits per heavy atom. The Kier molecular flexibility index (Phi) is 28.1. The highest BCUT2D eigenvalue weighted by molar-refractivity contribution is 7.43. The standard InChI is InChI=1S/C73H89O8P.C54H63O7P/c1-38-25-44(58-51-31-47(68(7,8)9)34-54(71(16,17)18)50(51)37-57(58)74)26-39(2)61(38)79-82(80-62-40(3)27-45(28-41(62)4)59-52-32-48(69(10,11)12)35-55(72(19,20)21)64(52)77-66(59)75)81-63-42(5)29-46(30-43(63)6)60-53-33-49(70(13,14)15)36-56(73(22,23)24)65(53)78-67(60)76;1-30-22-34(43-39-26-36(51(5,6)7)28-41(53(11,12)13)47(39)57-49(43)55)23-31(2)45(30)60-62(59-38-20-18-17-19-21-38)61-46-32(3)24-35(25-33(46)4)44-40-27-37(52(8,9)10)29-42(54(14,15)16)48(40)58-50(44)56/h25-36,58-60H,37H2,1-24H3;17-29,43-44H,1-16H3. The predicted molar refractivity (Wildman–Crippen MR) is 583 cm³/mol. The van der Waals surface area contributed by atoms with E-state index in [1.54, 1.807) is 0 Å². The molecule has 0 bridgehead atoms. The van der Waals surface area contributed by atoms with Crippen LogP contribution in [0.25, 0.3) is 0 Å². The maximum Gasteiger partial charge on any atom is 0.530 e. The van der Waals surface area contributed by atoms with Gasteiger partial charge in [0.1, 0.15) is 86.9 Å². The van der Waals surface area contributed by atoms with Gasteiger partial charge in [-0.2, -0.15) is 0 Å². The first-order valence-electron chi connectivity index (χ1n) is 51.0. The van der Waals surface area contributed by atoms with Crippen LogP contribution in [0.4, 0.5) is 0 Å². The van der Waals surface area contributed by atoms with Crippen LogP contribution in [0.15, 0.2) is 152 Å². The van der Waals surface area contributed by atoms with Gasteiger partial charge in [-0.15, -0.1) is 0 Å². The van der Waals surface area contributed by atoms with Gasteiger partial charge in [-0.1, -0.05) is 347 Å². The maximum atomic E-state index is 14.4. The Balaban J connectivity index is 0.000000225. The molecule has 1 aliphatic carbocycles. The van der Waals surface area contributed by atoms with Gasteiger partial charge in [-0.05, 0) is 263 Å². The van der Waals surface area contributed by atoms with Gasteiger partial charge in [-0.3, -0.25) is 24.0 Å². The summed E-state index contributed by atoms with van der Waals surface area (Å²) in [6, 6.07) is 51.8. The summed E-state index contributed by atoms with van der Waals surface area (Å²) >= 11 is 0. The Hall–Kier alpha value is -11.4. The number of rotatable bonds is 17. The minimum absolute atomic E-state index is 0.111. The van der Waals surface area contributed by atoms with E-state index in [1.807, 2.05) is 148 Å². The van der Waals surface area contributed by atoms with Gasteiger partial charge in [-0.25, -0.2) is 0 Å². The molecule has 11 aromatic rings. The highest BCUT2D eigenvalue weighted by Gasteiger charge is 2.48. The third-order valence-corrected chi connectivity index (χ3v) is 31.0. The maximum absolute atomic E-state index is 14.4. The van der Waals surface area contributed by atoms with Crippen molar-refractivity contribution in [2.45, 2.75) is 367 Å². The third kappa shape index (κ3) is 21.4. The summed E-state index contributed by atoms with van der Waals surface area (Å²) in [5, 5.41) is 0. The topological polar surface area (TPSA) is 178 Å². The smallest absolute Gasteiger partial charge is 0.425 e. The molecule has 5 aliphatic rings. The van der Waals surface area contributed by atoms with Crippen molar-refractivity contribution in [1.82, 2.24) is 0 Å². The molecule has 0 spiro atoms. The number of carbonyl (C=O) groups excluding carboxylic acids is 5. The lowest BCUT2D eigenvalue weighted by atomic mass is 9.76. The molecule has 16 rings (SSSR count). The molecule has 0 radical (unpaired) electrons. The number of para-hydroxylation sites is 1. The molecule has 15 nitrogen and oxygen atoms in total. The molecule has 144 heavy (non-hydrogen) atoms. The molecule has 0 aromatic heterocycles. The number of ketones is 1. The fourth-order valence-electron chi connectivity index (χ4n) is 20.9. The van der Waals surface area contributed by atoms with E-state index in [0.29, 0.717) is 63.9 Å². The predicted octanol–water partition coefficient (Wildman–Crippen LogP) is 32.4. The van der Waals surface area contributed by atoms with E-state index in [0.717, 1.165) is 161 Å². The lowest BCUT2D eigenvalue weighted by molar-refractivity contribution is -0.134. The molecule has 5 atom stereocenters. The van der Waals surface area contributed by atoms with Gasteiger partial charge in [0.05, 0.1) is 5.92 Å². The van der Waals surface area contributed by atoms with Crippen molar-refractivity contribution in [2.24, 2.45) is 0 Å². The molecule has 0 saturated carbocycles. The number of fused-ring (bicyclic) bond motifs is 5. The van der Waals surface area contributed by atoms with Crippen LogP contribution in [0.1, 0.15) is 410 Å². The Bertz CT molecular complexity index is 6380. The summed E-state index contributed by atoms with van der Waals surface area (Å²) in [4.78, 5) is 70.3. The lowest BCUT2D eigenvalue weighted by Crippen LogP contribution is -2.19. The molecule has 17 heteroatoms. The van der Waals surface area contributed by atoms with Crippen LogP contribution in [-0.2, 0) is 84.5 Å². The Labute approximate surface area is 860 Å². The van der Waals surface area contributed by atoms with Gasteiger partial charge >= 0.3 is 41.1 Å². The summed E-state index contributed by atoms with van der Waals surface area (Å²) in [6.07, 6.45) is 0.393. The quantitative estimate of drug-likeness (QED) is 0.0477. The van der Waals surface area contributed by atoms with Crippen LogP contribution in [0, 0.1) is 69.2 Å². The second-order valence-corrected chi connectivity index (χ2v) is 53.6. The van der Waals surface area contributed by atoms with Crippen LogP contribution in [0.5, 0.6) is 57.5 Å². The second-order valence-electron chi connectivity index (χ2n) is 51.6. The zero-order valence-electron chi connectivity index (χ0n) is 93.0. The molecule has 11 aromatic carbocycles. The van der Waals surface area contributed by atoms with Crippen LogP contribution in [0.3, 0.4) is 0 Å². The summed E-state index contributed by atoms with van der Waals surface area (Å²) in [7, 11) is -4.30. The molecular formula is C127H152O15P2. The Morgan fingerprint density at radius 1 is 0.229 bits per heavy atom. The molecule has 0 amide bonds. The summed E-state index contributed by atoms with van der Waals surface area (Å²) in [5.74, 6) is 2.39. The second kappa shape index (κ2) is 37.8. The minimum Gasteiger partial charge on any atom is -0.425 e. The number of carbonyl (C=O) groups is 5. The number of Topliss-reactive ketones (excluding diaryl/α,β-unsaturated/α-hetero) is 1. The van der Waals surface area contributed by atoms with Crippen molar-refractivity contribution in [1.29, 1.82) is 0 Å². The van der Waals surface area contributed by atoms with E-state index >= 15 is 0 Å². The van der Waals surface area contributed by atoms with Gasteiger partial charge in [0.2, 0.25) is 0 Å². The first-order valence-corrected chi connectivity index (χ1v) is 53.2. The fraction of sp³-hybridized carbons (Fsp3) is 0.441. The van der Waals surface area contributed by atoms with Gasteiger partial charge in [0, 0.05) is 50.9 Å². The van der Waals surface area contributed by atoms with E-state index < -0.39 is 46.8 Å². The number of benzene rings is 11. The third-order valence-electron chi connectivity index (χ3n) is 28.9. The van der Waals surface area contributed by atoms with E-state index in [2.05, 4.69) is 281 Å². The number of aryl methyl sites for hydroxylation is 10.